The molecule has 0 radical (unpaired) electrons. The Bertz CT molecular complexity index is 887. The largest absolute Gasteiger partial charge is 0.369 e. The van der Waals surface area contributed by atoms with E-state index >= 15 is 0 Å². The fraction of sp³-hybridized carbons (Fsp3) is 0.364. The van der Waals surface area contributed by atoms with Gasteiger partial charge in [-0.3, -0.25) is 9.79 Å². The molecule has 2 aromatic carbocycles. The van der Waals surface area contributed by atoms with Crippen molar-refractivity contribution in [2.45, 2.75) is 45.6 Å². The highest BCUT2D eigenvalue weighted by Crippen LogP contribution is 2.44. The number of nitrogens with one attached hydrogen (secondary N) is 1. The summed E-state index contributed by atoms with van der Waals surface area (Å²) in [5, 5.41) is 3.45. The first-order chi connectivity index (χ1) is 12.7. The zero-order chi connectivity index (χ0) is 19.8. The lowest BCUT2D eigenvalue weighted by molar-refractivity contribution is -0.114. The molecule has 27 heavy (non-hydrogen) atoms. The molecule has 0 saturated heterocycles. The van der Waals surface area contributed by atoms with Crippen LogP contribution in [0.15, 0.2) is 41.4 Å². The molecule has 5 heteroatoms. The highest BCUT2D eigenvalue weighted by atomic mass is 35.5. The Balaban J connectivity index is 1.87. The summed E-state index contributed by atoms with van der Waals surface area (Å²) in [5.41, 5.74) is 5.10. The Morgan fingerprint density at radius 3 is 2.59 bits per heavy atom. The van der Waals surface area contributed by atoms with Crippen molar-refractivity contribution < 1.29 is 4.79 Å². The SMILES string of the molecule is CC(=O)Nc1ccc(N=Cc2cc3c(cc2Cl)N(C)C(C)(C)C[C@@H]3C)cc1. The predicted molar refractivity (Wildman–Crippen MR) is 115 cm³/mol. The van der Waals surface area contributed by atoms with Gasteiger partial charge in [0, 0.05) is 42.7 Å². The van der Waals surface area contributed by atoms with Gasteiger partial charge >= 0.3 is 0 Å². The monoisotopic (exact) mass is 383 g/mol. The third-order valence-electron chi connectivity index (χ3n) is 5.29. The number of carbonyl (C=O) groups is 1. The van der Waals surface area contributed by atoms with Crippen LogP contribution in [0.1, 0.15) is 51.2 Å². The number of carbonyl (C=O) groups excluding carboxylic acids is 1. The van der Waals surface area contributed by atoms with Crippen molar-refractivity contribution in [2.75, 3.05) is 17.3 Å². The van der Waals surface area contributed by atoms with E-state index in [9.17, 15) is 4.79 Å². The van der Waals surface area contributed by atoms with E-state index in [1.54, 1.807) is 0 Å². The van der Waals surface area contributed by atoms with Gasteiger partial charge in [0.2, 0.25) is 5.91 Å². The van der Waals surface area contributed by atoms with E-state index < -0.39 is 0 Å². The molecule has 1 N–H and O–H groups in total. The Kier molecular flexibility index (Phi) is 5.29. The number of nitrogens with zero attached hydrogens (tertiary/aromatic N) is 2. The molecule has 1 heterocycles. The molecule has 3 rings (SSSR count). The highest BCUT2D eigenvalue weighted by Gasteiger charge is 2.34. The molecule has 0 spiro atoms. The summed E-state index contributed by atoms with van der Waals surface area (Å²) in [6.07, 6.45) is 2.90. The third kappa shape index (κ3) is 4.16. The van der Waals surface area contributed by atoms with Crippen LogP contribution in [0.3, 0.4) is 0 Å². The second kappa shape index (κ2) is 7.35. The van der Waals surface area contributed by atoms with Crippen LogP contribution < -0.4 is 10.2 Å². The van der Waals surface area contributed by atoms with Gasteiger partial charge in [-0.25, -0.2) is 0 Å². The lowest BCUT2D eigenvalue weighted by Gasteiger charge is -2.45. The molecule has 0 saturated carbocycles. The van der Waals surface area contributed by atoms with Crippen LogP contribution in [0.4, 0.5) is 17.1 Å². The number of benzene rings is 2. The average Bonchev–Trinajstić information content (AvgIpc) is 2.59. The first kappa shape index (κ1) is 19.4. The summed E-state index contributed by atoms with van der Waals surface area (Å²) in [6.45, 7) is 8.29. The van der Waals surface area contributed by atoms with E-state index in [0.29, 0.717) is 10.9 Å². The standard InChI is InChI=1S/C22H26ClN3O/c1-14-12-22(3,4)26(5)21-11-20(23)16(10-19(14)21)13-24-17-6-8-18(9-7-17)25-15(2)27/h6-11,13-14H,12H2,1-5H3,(H,25,27)/t14-/m0/s1. The molecular formula is C22H26ClN3O. The molecule has 1 amide bonds. The number of hydrogen-bond donors (Lipinski definition) is 1. The van der Waals surface area contributed by atoms with Gasteiger partial charge in [0.1, 0.15) is 0 Å². The number of aliphatic imine (C=N–C) groups is 1. The van der Waals surface area contributed by atoms with Crippen molar-refractivity contribution >= 4 is 40.8 Å². The molecule has 0 fully saturated rings. The first-order valence-electron chi connectivity index (χ1n) is 9.16. The Labute approximate surface area is 166 Å². The Morgan fingerprint density at radius 2 is 1.96 bits per heavy atom. The van der Waals surface area contributed by atoms with Crippen LogP contribution in [0.2, 0.25) is 5.02 Å². The lowest BCUT2D eigenvalue weighted by atomic mass is 9.80. The van der Waals surface area contributed by atoms with E-state index in [0.717, 1.165) is 23.4 Å². The van der Waals surface area contributed by atoms with E-state index in [2.05, 4.69) is 55.2 Å². The maximum atomic E-state index is 11.1. The fourth-order valence-corrected chi connectivity index (χ4v) is 3.89. The molecule has 0 aliphatic carbocycles. The Hall–Kier alpha value is -2.33. The number of fused-ring (bicyclic) bond motifs is 1. The predicted octanol–water partition coefficient (Wildman–Crippen LogP) is 5.77. The molecule has 1 atom stereocenters. The molecule has 0 unspecified atom stereocenters. The molecule has 1 aliphatic rings. The first-order valence-corrected chi connectivity index (χ1v) is 9.54. The average molecular weight is 384 g/mol. The summed E-state index contributed by atoms with van der Waals surface area (Å²) >= 11 is 6.55. The van der Waals surface area contributed by atoms with Gasteiger partial charge < -0.3 is 10.2 Å². The minimum atomic E-state index is -0.0886. The lowest BCUT2D eigenvalue weighted by Crippen LogP contribution is -2.45. The van der Waals surface area contributed by atoms with Crippen molar-refractivity contribution in [3.05, 3.63) is 52.5 Å². The summed E-state index contributed by atoms with van der Waals surface area (Å²) in [5.74, 6) is 0.377. The van der Waals surface area contributed by atoms with Gasteiger partial charge in [-0.1, -0.05) is 18.5 Å². The maximum Gasteiger partial charge on any atom is 0.221 e. The molecule has 1 aliphatic heterocycles. The van der Waals surface area contributed by atoms with Crippen molar-refractivity contribution in [1.82, 2.24) is 0 Å². The smallest absolute Gasteiger partial charge is 0.221 e. The van der Waals surface area contributed by atoms with Gasteiger partial charge in [-0.2, -0.15) is 0 Å². The van der Waals surface area contributed by atoms with E-state index in [4.69, 9.17) is 11.6 Å². The number of anilines is 2. The van der Waals surface area contributed by atoms with Crippen LogP contribution >= 0.6 is 11.6 Å². The van der Waals surface area contributed by atoms with E-state index in [-0.39, 0.29) is 11.4 Å². The van der Waals surface area contributed by atoms with Crippen LogP contribution in [-0.4, -0.2) is 24.7 Å². The van der Waals surface area contributed by atoms with Crippen molar-refractivity contribution in [2.24, 2.45) is 4.99 Å². The topological polar surface area (TPSA) is 44.7 Å². The van der Waals surface area contributed by atoms with Crippen LogP contribution in [0.25, 0.3) is 0 Å². The van der Waals surface area contributed by atoms with Crippen LogP contribution in [0, 0.1) is 0 Å². The molecule has 142 valence electrons. The van der Waals surface area contributed by atoms with Crippen LogP contribution in [-0.2, 0) is 4.79 Å². The van der Waals surface area contributed by atoms with Crippen molar-refractivity contribution in [1.29, 1.82) is 0 Å². The zero-order valence-corrected chi connectivity index (χ0v) is 17.3. The third-order valence-corrected chi connectivity index (χ3v) is 5.62. The van der Waals surface area contributed by atoms with Crippen molar-refractivity contribution in [3.63, 3.8) is 0 Å². The number of halogens is 1. The summed E-state index contributed by atoms with van der Waals surface area (Å²) in [4.78, 5) is 18.0. The normalized spacial score (nSPS) is 18.4. The number of rotatable bonds is 3. The molecule has 0 bridgehead atoms. The van der Waals surface area contributed by atoms with Gasteiger partial charge in [-0.15, -0.1) is 0 Å². The zero-order valence-electron chi connectivity index (χ0n) is 16.5. The Morgan fingerprint density at radius 1 is 1.30 bits per heavy atom. The molecule has 2 aromatic rings. The summed E-state index contributed by atoms with van der Waals surface area (Å²) in [7, 11) is 2.13. The maximum absolute atomic E-state index is 11.1. The number of hydrogen-bond acceptors (Lipinski definition) is 3. The molecule has 4 nitrogen and oxygen atoms in total. The molecule has 0 aromatic heterocycles. The van der Waals surface area contributed by atoms with Gasteiger partial charge in [-0.05, 0) is 68.1 Å². The van der Waals surface area contributed by atoms with Crippen molar-refractivity contribution in [3.8, 4) is 0 Å². The molecular weight excluding hydrogens is 358 g/mol. The summed E-state index contributed by atoms with van der Waals surface area (Å²) in [6, 6.07) is 11.6. The number of amides is 1. The van der Waals surface area contributed by atoms with E-state index in [1.807, 2.05) is 30.5 Å². The minimum absolute atomic E-state index is 0.0886. The van der Waals surface area contributed by atoms with Gasteiger partial charge in [0.15, 0.2) is 0 Å². The van der Waals surface area contributed by atoms with Crippen LogP contribution in [0.5, 0.6) is 0 Å². The van der Waals surface area contributed by atoms with Gasteiger partial charge in [0.05, 0.1) is 10.7 Å². The summed E-state index contributed by atoms with van der Waals surface area (Å²) < 4.78 is 0. The minimum Gasteiger partial charge on any atom is -0.369 e. The fourth-order valence-electron chi connectivity index (χ4n) is 3.68. The quantitative estimate of drug-likeness (QED) is 0.683. The highest BCUT2D eigenvalue weighted by molar-refractivity contribution is 6.33. The van der Waals surface area contributed by atoms with Gasteiger partial charge in [0.25, 0.3) is 0 Å². The second-order valence-corrected chi connectivity index (χ2v) is 8.30. The van der Waals surface area contributed by atoms with E-state index in [1.165, 1.54) is 18.2 Å². The second-order valence-electron chi connectivity index (χ2n) is 7.90.